The summed E-state index contributed by atoms with van der Waals surface area (Å²) in [6.45, 7) is 6.59. The van der Waals surface area contributed by atoms with Gasteiger partial charge in [-0.2, -0.15) is 0 Å². The first-order valence-electron chi connectivity index (χ1n) is 11.1. The molecule has 1 saturated heterocycles. The summed E-state index contributed by atoms with van der Waals surface area (Å²) < 4.78 is 0. The van der Waals surface area contributed by atoms with Gasteiger partial charge in [0.1, 0.15) is 0 Å². The van der Waals surface area contributed by atoms with Crippen molar-refractivity contribution in [2.24, 2.45) is 11.7 Å². The maximum absolute atomic E-state index is 12.8. The van der Waals surface area contributed by atoms with Crippen LogP contribution in [0, 0.1) is 5.92 Å². The van der Waals surface area contributed by atoms with Crippen molar-refractivity contribution in [3.05, 3.63) is 48.0 Å². The van der Waals surface area contributed by atoms with E-state index in [1.807, 2.05) is 12.1 Å². The molecule has 6 heteroatoms. The smallest absolute Gasteiger partial charge is 0.227 e. The van der Waals surface area contributed by atoms with Crippen LogP contribution >= 0.6 is 12.4 Å². The second kappa shape index (κ2) is 13.6. The molecule has 4 N–H and O–H groups in total. The van der Waals surface area contributed by atoms with Crippen LogP contribution in [0.15, 0.2) is 42.5 Å². The number of carbonyl (C=O) groups excluding carboxylic acids is 1. The molecule has 0 spiro atoms. The van der Waals surface area contributed by atoms with Crippen LogP contribution in [0.4, 0.5) is 0 Å². The fourth-order valence-corrected chi connectivity index (χ4v) is 4.14. The lowest BCUT2D eigenvalue weighted by Crippen LogP contribution is -2.41. The van der Waals surface area contributed by atoms with Gasteiger partial charge in [-0.3, -0.25) is 4.79 Å². The van der Waals surface area contributed by atoms with Gasteiger partial charge in [-0.25, -0.2) is 0 Å². The highest BCUT2D eigenvalue weighted by Gasteiger charge is 2.22. The predicted molar refractivity (Wildman–Crippen MR) is 128 cm³/mol. The van der Waals surface area contributed by atoms with Gasteiger partial charge in [0.15, 0.2) is 0 Å². The molecule has 0 aliphatic carbocycles. The van der Waals surface area contributed by atoms with Crippen LogP contribution in [-0.4, -0.2) is 56.6 Å². The van der Waals surface area contributed by atoms with Crippen molar-refractivity contribution in [1.29, 1.82) is 0 Å². The number of hydrogen-bond donors (Lipinski definition) is 3. The third kappa shape index (κ3) is 7.55. The molecule has 5 nitrogen and oxygen atoms in total. The lowest BCUT2D eigenvalue weighted by molar-refractivity contribution is -0.131. The molecule has 0 aromatic heterocycles. The summed E-state index contributed by atoms with van der Waals surface area (Å²) in [5.74, 6) is 0.949. The number of carbonyl (C=O) groups is 1. The molecule has 30 heavy (non-hydrogen) atoms. The molecule has 0 radical (unpaired) electrons. The molecule has 0 atom stereocenters. The monoisotopic (exact) mass is 432 g/mol. The van der Waals surface area contributed by atoms with Gasteiger partial charge in [-0.15, -0.1) is 12.4 Å². The van der Waals surface area contributed by atoms with Crippen molar-refractivity contribution in [3.63, 3.8) is 0 Å². The molecule has 3 rings (SSSR count). The summed E-state index contributed by atoms with van der Waals surface area (Å²) >= 11 is 0. The Morgan fingerprint density at radius 2 is 1.67 bits per heavy atom. The number of fused-ring (bicyclic) bond motifs is 1. The Morgan fingerprint density at radius 1 is 0.967 bits per heavy atom. The number of nitrogens with zero attached hydrogens (tertiary/aromatic N) is 1. The van der Waals surface area contributed by atoms with Crippen molar-refractivity contribution >= 4 is 29.1 Å². The van der Waals surface area contributed by atoms with E-state index < -0.39 is 0 Å². The molecule has 1 amide bonds. The molecule has 1 aliphatic heterocycles. The Kier molecular flexibility index (Phi) is 11.2. The fraction of sp³-hybridized carbons (Fsp3) is 0.542. The normalized spacial score (nSPS) is 14.6. The van der Waals surface area contributed by atoms with Crippen molar-refractivity contribution in [2.45, 2.75) is 32.1 Å². The Hall–Kier alpha value is -1.66. The van der Waals surface area contributed by atoms with Gasteiger partial charge >= 0.3 is 0 Å². The van der Waals surface area contributed by atoms with E-state index in [1.165, 1.54) is 23.6 Å². The molecular weight excluding hydrogens is 396 g/mol. The SMILES string of the molecule is Cl.NCCNCCCCNCC1CCN(C(=O)Cc2cccc3ccccc23)CC1. The van der Waals surface area contributed by atoms with Gasteiger partial charge in [-0.05, 0) is 67.6 Å². The van der Waals surface area contributed by atoms with E-state index in [9.17, 15) is 4.79 Å². The number of hydrogen-bond acceptors (Lipinski definition) is 4. The first-order chi connectivity index (χ1) is 14.3. The van der Waals surface area contributed by atoms with Crippen molar-refractivity contribution in [1.82, 2.24) is 15.5 Å². The van der Waals surface area contributed by atoms with Crippen molar-refractivity contribution < 1.29 is 4.79 Å². The summed E-state index contributed by atoms with van der Waals surface area (Å²) in [6, 6.07) is 14.6. The van der Waals surface area contributed by atoms with Crippen LogP contribution in [0.5, 0.6) is 0 Å². The Morgan fingerprint density at radius 3 is 2.43 bits per heavy atom. The van der Waals surface area contributed by atoms with E-state index >= 15 is 0 Å². The van der Waals surface area contributed by atoms with E-state index in [4.69, 9.17) is 5.73 Å². The van der Waals surface area contributed by atoms with Gasteiger partial charge in [0, 0.05) is 26.2 Å². The summed E-state index contributed by atoms with van der Waals surface area (Å²) in [5.41, 5.74) is 6.60. The zero-order chi connectivity index (χ0) is 20.3. The zero-order valence-electron chi connectivity index (χ0n) is 17.9. The third-order valence-corrected chi connectivity index (χ3v) is 5.90. The Bertz CT molecular complexity index is 756. The average Bonchev–Trinajstić information content (AvgIpc) is 2.76. The minimum Gasteiger partial charge on any atom is -0.342 e. The quantitative estimate of drug-likeness (QED) is 0.477. The third-order valence-electron chi connectivity index (χ3n) is 5.90. The molecule has 2 aromatic rings. The maximum atomic E-state index is 12.8. The van der Waals surface area contributed by atoms with E-state index in [-0.39, 0.29) is 18.3 Å². The molecule has 0 bridgehead atoms. The molecule has 0 unspecified atom stereocenters. The van der Waals surface area contributed by atoms with Crippen LogP contribution in [0.25, 0.3) is 10.8 Å². The summed E-state index contributed by atoms with van der Waals surface area (Å²) in [6.07, 6.45) is 5.09. The summed E-state index contributed by atoms with van der Waals surface area (Å²) in [5, 5.41) is 9.32. The second-order valence-corrected chi connectivity index (χ2v) is 8.09. The Balaban J connectivity index is 0.00000320. The number of likely N-dealkylation sites (tertiary alicyclic amines) is 1. The first-order valence-corrected chi connectivity index (χ1v) is 11.1. The minimum absolute atomic E-state index is 0. The van der Waals surface area contributed by atoms with Gasteiger partial charge in [0.2, 0.25) is 5.91 Å². The molecule has 0 saturated carbocycles. The van der Waals surface area contributed by atoms with Crippen molar-refractivity contribution in [2.75, 3.05) is 45.8 Å². The van der Waals surface area contributed by atoms with E-state index in [2.05, 4.69) is 45.9 Å². The molecule has 2 aromatic carbocycles. The van der Waals surface area contributed by atoms with E-state index in [0.29, 0.717) is 18.9 Å². The standard InChI is InChI=1S/C24H36N4O.ClH/c25-12-15-26-13-3-4-14-27-19-20-10-16-28(17-11-20)24(29)18-22-8-5-7-21-6-1-2-9-23(21)22;/h1-2,5-9,20,26-27H,3-4,10-19,25H2;1H. The van der Waals surface area contributed by atoms with Gasteiger partial charge in [0.25, 0.3) is 0 Å². The number of unbranched alkanes of at least 4 members (excludes halogenated alkanes) is 1. The number of benzene rings is 2. The summed E-state index contributed by atoms with van der Waals surface area (Å²) in [7, 11) is 0. The second-order valence-electron chi connectivity index (χ2n) is 8.09. The fourth-order valence-electron chi connectivity index (χ4n) is 4.14. The van der Waals surface area contributed by atoms with Gasteiger partial charge < -0.3 is 21.3 Å². The molecule has 1 aliphatic rings. The van der Waals surface area contributed by atoms with Crippen LogP contribution in [-0.2, 0) is 11.2 Å². The topological polar surface area (TPSA) is 70.4 Å². The van der Waals surface area contributed by atoms with Crippen LogP contribution < -0.4 is 16.4 Å². The Labute approximate surface area is 187 Å². The largest absolute Gasteiger partial charge is 0.342 e. The predicted octanol–water partition coefficient (Wildman–Crippen LogP) is 2.96. The lowest BCUT2D eigenvalue weighted by atomic mass is 9.95. The highest BCUT2D eigenvalue weighted by atomic mass is 35.5. The minimum atomic E-state index is 0. The molecular formula is C24H37ClN4O. The number of amides is 1. The van der Waals surface area contributed by atoms with E-state index in [1.54, 1.807) is 0 Å². The van der Waals surface area contributed by atoms with Crippen LogP contribution in [0.2, 0.25) is 0 Å². The number of halogens is 1. The van der Waals surface area contributed by atoms with Crippen molar-refractivity contribution in [3.8, 4) is 0 Å². The first kappa shape index (κ1) is 24.6. The van der Waals surface area contributed by atoms with Crippen LogP contribution in [0.3, 0.4) is 0 Å². The lowest BCUT2D eigenvalue weighted by Gasteiger charge is -2.32. The highest BCUT2D eigenvalue weighted by Crippen LogP contribution is 2.21. The zero-order valence-corrected chi connectivity index (χ0v) is 18.8. The van der Waals surface area contributed by atoms with Gasteiger partial charge in [-0.1, -0.05) is 42.5 Å². The maximum Gasteiger partial charge on any atom is 0.227 e. The van der Waals surface area contributed by atoms with Crippen LogP contribution in [0.1, 0.15) is 31.2 Å². The molecule has 1 fully saturated rings. The molecule has 166 valence electrons. The number of piperidine rings is 1. The van der Waals surface area contributed by atoms with E-state index in [0.717, 1.165) is 57.7 Å². The average molecular weight is 433 g/mol. The summed E-state index contributed by atoms with van der Waals surface area (Å²) in [4.78, 5) is 14.9. The highest BCUT2D eigenvalue weighted by molar-refractivity contribution is 5.90. The number of rotatable bonds is 11. The number of nitrogens with two attached hydrogens (primary N) is 1. The molecule has 1 heterocycles. The number of nitrogens with one attached hydrogen (secondary N) is 2. The van der Waals surface area contributed by atoms with Gasteiger partial charge in [0.05, 0.1) is 6.42 Å².